The van der Waals surface area contributed by atoms with Crippen LogP contribution >= 0.6 is 35.0 Å². The highest BCUT2D eigenvalue weighted by molar-refractivity contribution is 7.99. The lowest BCUT2D eigenvalue weighted by Gasteiger charge is -2.28. The minimum atomic E-state index is -0.599. The normalized spacial score (nSPS) is 11.6. The molecule has 0 aliphatic heterocycles. The molecule has 0 bridgehead atoms. The van der Waals surface area contributed by atoms with Crippen LogP contribution in [0, 0.1) is 0 Å². The Kier molecular flexibility index (Phi) is 9.14. The van der Waals surface area contributed by atoms with Gasteiger partial charge < -0.3 is 15.0 Å². The molecule has 29 heavy (non-hydrogen) atoms. The Bertz CT molecular complexity index is 864. The largest absolute Gasteiger partial charge is 0.497 e. The summed E-state index contributed by atoms with van der Waals surface area (Å²) >= 11 is 13.6. The fourth-order valence-electron chi connectivity index (χ4n) is 2.73. The average Bonchev–Trinajstić information content (AvgIpc) is 2.72. The Balaban J connectivity index is 2.08. The van der Waals surface area contributed by atoms with Crippen LogP contribution in [0.5, 0.6) is 5.75 Å². The van der Waals surface area contributed by atoms with Gasteiger partial charge in [0.05, 0.1) is 12.9 Å². The average molecular weight is 455 g/mol. The Labute approximate surface area is 185 Å². The SMILES string of the molecule is CNC(=O)[C@H](C)N(Cc1cccc(OC)c1)C(=O)CSCc1ccc(Cl)cc1Cl. The first kappa shape index (κ1) is 23.4. The molecule has 0 aliphatic rings. The van der Waals surface area contributed by atoms with Crippen molar-refractivity contribution in [3.05, 3.63) is 63.6 Å². The van der Waals surface area contributed by atoms with E-state index in [4.69, 9.17) is 27.9 Å². The van der Waals surface area contributed by atoms with Crippen LogP contribution in [-0.2, 0) is 21.9 Å². The lowest BCUT2D eigenvalue weighted by atomic mass is 10.1. The third-order valence-corrected chi connectivity index (χ3v) is 5.95. The molecule has 0 aliphatic carbocycles. The lowest BCUT2D eigenvalue weighted by Crippen LogP contribution is -2.47. The fraction of sp³-hybridized carbons (Fsp3) is 0.333. The van der Waals surface area contributed by atoms with E-state index in [2.05, 4.69) is 5.32 Å². The number of carbonyl (C=O) groups excluding carboxylic acids is 2. The predicted molar refractivity (Wildman–Crippen MR) is 120 cm³/mol. The number of hydrogen-bond donors (Lipinski definition) is 1. The molecule has 0 radical (unpaired) electrons. The maximum Gasteiger partial charge on any atom is 0.242 e. The van der Waals surface area contributed by atoms with Gasteiger partial charge in [0.1, 0.15) is 11.8 Å². The summed E-state index contributed by atoms with van der Waals surface area (Å²) < 4.78 is 5.25. The fourth-order valence-corrected chi connectivity index (χ4v) is 4.20. The molecule has 2 aromatic rings. The number of nitrogens with zero attached hydrogens (tertiary/aromatic N) is 1. The molecule has 2 amide bonds. The summed E-state index contributed by atoms with van der Waals surface area (Å²) in [6.07, 6.45) is 0. The van der Waals surface area contributed by atoms with E-state index < -0.39 is 6.04 Å². The summed E-state index contributed by atoms with van der Waals surface area (Å²) in [6.45, 7) is 2.03. The Morgan fingerprint density at radius 3 is 2.62 bits per heavy atom. The van der Waals surface area contributed by atoms with Gasteiger partial charge in [-0.2, -0.15) is 0 Å². The van der Waals surface area contributed by atoms with E-state index in [0.717, 1.165) is 11.1 Å². The molecule has 1 N–H and O–H groups in total. The second-order valence-electron chi connectivity index (χ2n) is 6.39. The second-order valence-corrected chi connectivity index (χ2v) is 8.22. The highest BCUT2D eigenvalue weighted by Gasteiger charge is 2.25. The van der Waals surface area contributed by atoms with E-state index in [9.17, 15) is 9.59 Å². The van der Waals surface area contributed by atoms with Crippen LogP contribution in [0.2, 0.25) is 10.0 Å². The number of halogens is 2. The molecule has 0 saturated carbocycles. The predicted octanol–water partition coefficient (Wildman–Crippen LogP) is 4.40. The quantitative estimate of drug-likeness (QED) is 0.609. The molecular formula is C21H24Cl2N2O3S. The molecule has 1 atom stereocenters. The van der Waals surface area contributed by atoms with E-state index in [-0.39, 0.29) is 17.6 Å². The van der Waals surface area contributed by atoms with Gasteiger partial charge in [-0.3, -0.25) is 9.59 Å². The van der Waals surface area contributed by atoms with Crippen molar-refractivity contribution in [2.24, 2.45) is 0 Å². The molecule has 2 aromatic carbocycles. The van der Waals surface area contributed by atoms with Crippen LogP contribution in [-0.4, -0.2) is 42.7 Å². The number of amides is 2. The first-order valence-corrected chi connectivity index (χ1v) is 10.9. The van der Waals surface area contributed by atoms with Crippen molar-refractivity contribution in [1.82, 2.24) is 10.2 Å². The zero-order valence-corrected chi connectivity index (χ0v) is 18.9. The highest BCUT2D eigenvalue weighted by atomic mass is 35.5. The summed E-state index contributed by atoms with van der Waals surface area (Å²) in [5.74, 6) is 1.16. The number of carbonyl (C=O) groups is 2. The Morgan fingerprint density at radius 1 is 1.21 bits per heavy atom. The van der Waals surface area contributed by atoms with Crippen molar-refractivity contribution in [2.45, 2.75) is 25.3 Å². The van der Waals surface area contributed by atoms with Crippen molar-refractivity contribution in [3.8, 4) is 5.75 Å². The molecule has 5 nitrogen and oxygen atoms in total. The molecule has 0 fully saturated rings. The number of methoxy groups -OCH3 is 1. The van der Waals surface area contributed by atoms with Gasteiger partial charge in [0.25, 0.3) is 0 Å². The minimum absolute atomic E-state index is 0.126. The molecule has 0 heterocycles. The van der Waals surface area contributed by atoms with E-state index in [1.165, 1.54) is 11.8 Å². The number of ether oxygens (including phenoxy) is 1. The number of likely N-dealkylation sites (N-methyl/N-ethyl adjacent to an activating group) is 1. The van der Waals surface area contributed by atoms with Gasteiger partial charge in [0, 0.05) is 29.4 Å². The van der Waals surface area contributed by atoms with Gasteiger partial charge >= 0.3 is 0 Å². The van der Waals surface area contributed by atoms with Gasteiger partial charge in [0.2, 0.25) is 11.8 Å². The summed E-state index contributed by atoms with van der Waals surface area (Å²) in [5, 5.41) is 3.76. The smallest absolute Gasteiger partial charge is 0.242 e. The zero-order chi connectivity index (χ0) is 21.4. The van der Waals surface area contributed by atoms with Crippen molar-refractivity contribution in [1.29, 1.82) is 0 Å². The maximum absolute atomic E-state index is 12.9. The minimum Gasteiger partial charge on any atom is -0.497 e. The van der Waals surface area contributed by atoms with Crippen LogP contribution in [0.1, 0.15) is 18.1 Å². The van der Waals surface area contributed by atoms with E-state index in [0.29, 0.717) is 28.1 Å². The van der Waals surface area contributed by atoms with Crippen molar-refractivity contribution >= 4 is 46.8 Å². The number of benzene rings is 2. The van der Waals surface area contributed by atoms with Gasteiger partial charge in [0.15, 0.2) is 0 Å². The van der Waals surface area contributed by atoms with Crippen LogP contribution in [0.15, 0.2) is 42.5 Å². The molecule has 0 spiro atoms. The first-order chi connectivity index (χ1) is 13.8. The number of nitrogens with one attached hydrogen (secondary N) is 1. The van der Waals surface area contributed by atoms with E-state index in [1.807, 2.05) is 30.3 Å². The molecule has 0 aromatic heterocycles. The molecule has 156 valence electrons. The molecular weight excluding hydrogens is 431 g/mol. The Morgan fingerprint density at radius 2 is 1.97 bits per heavy atom. The van der Waals surface area contributed by atoms with Gasteiger partial charge in [-0.1, -0.05) is 41.4 Å². The van der Waals surface area contributed by atoms with Crippen molar-refractivity contribution in [2.75, 3.05) is 19.9 Å². The monoisotopic (exact) mass is 454 g/mol. The van der Waals surface area contributed by atoms with E-state index in [1.54, 1.807) is 38.1 Å². The maximum atomic E-state index is 12.9. The number of thioether (sulfide) groups is 1. The third kappa shape index (κ3) is 6.84. The second kappa shape index (κ2) is 11.3. The molecule has 0 unspecified atom stereocenters. The third-order valence-electron chi connectivity index (χ3n) is 4.40. The van der Waals surface area contributed by atoms with Crippen molar-refractivity contribution in [3.63, 3.8) is 0 Å². The standard InChI is InChI=1S/C21H24Cl2N2O3S/c1-14(21(27)24-2)25(11-15-5-4-6-18(9-15)28-3)20(26)13-29-12-16-7-8-17(22)10-19(16)23/h4-10,14H,11-13H2,1-3H3,(H,24,27)/t14-/m0/s1. The molecule has 2 rings (SSSR count). The van der Waals surface area contributed by atoms with Gasteiger partial charge in [-0.05, 0) is 42.3 Å². The van der Waals surface area contributed by atoms with Gasteiger partial charge in [-0.25, -0.2) is 0 Å². The summed E-state index contributed by atoms with van der Waals surface area (Å²) in [7, 11) is 3.15. The van der Waals surface area contributed by atoms with Crippen LogP contribution < -0.4 is 10.1 Å². The summed E-state index contributed by atoms with van der Waals surface area (Å²) in [5.41, 5.74) is 1.80. The van der Waals surface area contributed by atoms with E-state index >= 15 is 0 Å². The van der Waals surface area contributed by atoms with Crippen LogP contribution in [0.25, 0.3) is 0 Å². The lowest BCUT2D eigenvalue weighted by molar-refractivity contribution is -0.138. The summed E-state index contributed by atoms with van der Waals surface area (Å²) in [6, 6.07) is 12.2. The highest BCUT2D eigenvalue weighted by Crippen LogP contribution is 2.25. The van der Waals surface area contributed by atoms with Gasteiger partial charge in [-0.15, -0.1) is 11.8 Å². The first-order valence-electron chi connectivity index (χ1n) is 9.01. The summed E-state index contributed by atoms with van der Waals surface area (Å²) in [4.78, 5) is 26.7. The number of rotatable bonds is 9. The molecule has 0 saturated heterocycles. The molecule has 8 heteroatoms. The zero-order valence-electron chi connectivity index (χ0n) is 16.6. The topological polar surface area (TPSA) is 58.6 Å². The number of hydrogen-bond acceptors (Lipinski definition) is 4. The van der Waals surface area contributed by atoms with Crippen molar-refractivity contribution < 1.29 is 14.3 Å². The Hall–Kier alpha value is -1.89. The van der Waals surface area contributed by atoms with Crippen LogP contribution in [0.3, 0.4) is 0 Å². The van der Waals surface area contributed by atoms with Crippen LogP contribution in [0.4, 0.5) is 0 Å².